The van der Waals surface area contributed by atoms with E-state index in [1.165, 1.54) is 24.3 Å². The summed E-state index contributed by atoms with van der Waals surface area (Å²) in [6.07, 6.45) is 3.14. The van der Waals surface area contributed by atoms with Crippen LogP contribution in [0.15, 0.2) is 53.7 Å². The van der Waals surface area contributed by atoms with Crippen molar-refractivity contribution in [1.82, 2.24) is 9.71 Å². The van der Waals surface area contributed by atoms with Crippen LogP contribution >= 0.6 is 0 Å². The minimum atomic E-state index is -3.78. The maximum Gasteiger partial charge on any atom is 0.244 e. The molecule has 8 nitrogen and oxygen atoms in total. The van der Waals surface area contributed by atoms with Crippen LogP contribution in [0.1, 0.15) is 12.5 Å². The lowest BCUT2D eigenvalue weighted by Gasteiger charge is -2.15. The van der Waals surface area contributed by atoms with E-state index in [2.05, 4.69) is 9.71 Å². The van der Waals surface area contributed by atoms with Gasteiger partial charge in [0.1, 0.15) is 0 Å². The lowest BCUT2D eigenvalue weighted by Crippen LogP contribution is -2.30. The Balaban J connectivity index is 1.80. The number of amides is 1. The van der Waals surface area contributed by atoms with Crippen molar-refractivity contribution in [3.05, 3.63) is 54.4 Å². The zero-order valence-electron chi connectivity index (χ0n) is 13.9. The molecule has 1 atom stereocenters. The van der Waals surface area contributed by atoms with Gasteiger partial charge in [0.25, 0.3) is 0 Å². The third kappa shape index (κ3) is 3.62. The number of carbonyl (C=O) groups is 1. The monoisotopic (exact) mass is 395 g/mol. The first-order chi connectivity index (χ1) is 12.2. The SMILES string of the molecule is CC1CS(=O)(=O)N(c2ccc(S(=O)(=O)NCc3cccnc3)cc2)C1=O. The van der Waals surface area contributed by atoms with Gasteiger partial charge in [0.2, 0.25) is 26.0 Å². The summed E-state index contributed by atoms with van der Waals surface area (Å²) in [6, 6.07) is 8.61. The molecule has 1 aliphatic rings. The summed E-state index contributed by atoms with van der Waals surface area (Å²) in [4.78, 5) is 16.0. The molecule has 2 aromatic rings. The number of rotatable bonds is 5. The highest BCUT2D eigenvalue weighted by Gasteiger charge is 2.41. The maximum atomic E-state index is 12.4. The highest BCUT2D eigenvalue weighted by Crippen LogP contribution is 2.28. The lowest BCUT2D eigenvalue weighted by atomic mass is 10.2. The average Bonchev–Trinajstić information content (AvgIpc) is 2.81. The number of pyridine rings is 1. The van der Waals surface area contributed by atoms with E-state index in [0.29, 0.717) is 5.56 Å². The van der Waals surface area contributed by atoms with Gasteiger partial charge in [-0.25, -0.2) is 25.9 Å². The summed E-state index contributed by atoms with van der Waals surface area (Å²) >= 11 is 0. The van der Waals surface area contributed by atoms with Crippen molar-refractivity contribution >= 4 is 31.6 Å². The van der Waals surface area contributed by atoms with Gasteiger partial charge in [-0.2, -0.15) is 0 Å². The van der Waals surface area contributed by atoms with Crippen molar-refractivity contribution in [1.29, 1.82) is 0 Å². The van der Waals surface area contributed by atoms with Crippen LogP contribution in [0.25, 0.3) is 0 Å². The molecule has 0 bridgehead atoms. The van der Waals surface area contributed by atoms with Gasteiger partial charge >= 0.3 is 0 Å². The molecule has 26 heavy (non-hydrogen) atoms. The highest BCUT2D eigenvalue weighted by molar-refractivity contribution is 7.94. The molecule has 1 aromatic carbocycles. The predicted octanol–water partition coefficient (Wildman–Crippen LogP) is 0.873. The van der Waals surface area contributed by atoms with Crippen molar-refractivity contribution < 1.29 is 21.6 Å². The number of carbonyl (C=O) groups excluding carboxylic acids is 1. The van der Waals surface area contributed by atoms with Crippen LogP contribution < -0.4 is 9.03 Å². The van der Waals surface area contributed by atoms with Gasteiger partial charge in [0.15, 0.2) is 0 Å². The molecule has 2 heterocycles. The molecule has 1 unspecified atom stereocenters. The Bertz CT molecular complexity index is 1020. The standard InChI is InChI=1S/C16H17N3O5S2/c1-12-11-25(21,22)19(16(12)20)14-4-6-15(7-5-14)26(23,24)18-10-13-3-2-8-17-9-13/h2-9,12,18H,10-11H2,1H3. The molecule has 1 amide bonds. The summed E-state index contributed by atoms with van der Waals surface area (Å²) in [5, 5.41) is 0. The third-order valence-corrected chi connectivity index (χ3v) is 7.22. The normalized spacial score (nSPS) is 19.7. The summed E-state index contributed by atoms with van der Waals surface area (Å²) in [7, 11) is -7.50. The second kappa shape index (κ2) is 6.78. The largest absolute Gasteiger partial charge is 0.273 e. The van der Waals surface area contributed by atoms with Crippen molar-refractivity contribution in [3.63, 3.8) is 0 Å². The fourth-order valence-corrected chi connectivity index (χ4v) is 5.45. The van der Waals surface area contributed by atoms with E-state index in [1.807, 2.05) is 0 Å². The van der Waals surface area contributed by atoms with E-state index in [-0.39, 0.29) is 22.9 Å². The number of nitrogens with one attached hydrogen (secondary N) is 1. The summed E-state index contributed by atoms with van der Waals surface area (Å²) in [5.74, 6) is -1.39. The second-order valence-electron chi connectivity index (χ2n) is 5.96. The third-order valence-electron chi connectivity index (χ3n) is 3.93. The number of nitrogens with zero attached hydrogens (tertiary/aromatic N) is 2. The number of hydrogen-bond acceptors (Lipinski definition) is 6. The molecule has 1 N–H and O–H groups in total. The Morgan fingerprint density at radius 1 is 1.23 bits per heavy atom. The fraction of sp³-hybridized carbons (Fsp3) is 0.250. The van der Waals surface area contributed by atoms with E-state index in [0.717, 1.165) is 4.31 Å². The Kier molecular flexibility index (Phi) is 4.82. The van der Waals surface area contributed by atoms with Crippen LogP contribution in [0.3, 0.4) is 0 Å². The molecular weight excluding hydrogens is 378 g/mol. The van der Waals surface area contributed by atoms with E-state index in [1.54, 1.807) is 31.5 Å². The number of benzene rings is 1. The predicted molar refractivity (Wildman–Crippen MR) is 95.1 cm³/mol. The number of hydrogen-bond donors (Lipinski definition) is 1. The van der Waals surface area contributed by atoms with Gasteiger partial charge in [-0.1, -0.05) is 13.0 Å². The molecule has 0 aliphatic carbocycles. The molecule has 1 saturated heterocycles. The van der Waals surface area contributed by atoms with Crippen molar-refractivity contribution in [2.24, 2.45) is 5.92 Å². The van der Waals surface area contributed by atoms with Gasteiger partial charge in [-0.15, -0.1) is 0 Å². The van der Waals surface area contributed by atoms with Crippen molar-refractivity contribution in [2.75, 3.05) is 10.1 Å². The van der Waals surface area contributed by atoms with Gasteiger partial charge in [0, 0.05) is 18.9 Å². The summed E-state index contributed by atoms with van der Waals surface area (Å²) in [6.45, 7) is 1.62. The highest BCUT2D eigenvalue weighted by atomic mass is 32.2. The molecule has 1 fully saturated rings. The van der Waals surface area contributed by atoms with Gasteiger partial charge in [0.05, 0.1) is 22.3 Å². The minimum absolute atomic E-state index is 0.0257. The van der Waals surface area contributed by atoms with E-state index >= 15 is 0 Å². The van der Waals surface area contributed by atoms with Crippen LogP contribution in [-0.2, 0) is 31.4 Å². The van der Waals surface area contributed by atoms with Crippen LogP contribution in [0.5, 0.6) is 0 Å². The minimum Gasteiger partial charge on any atom is -0.273 e. The van der Waals surface area contributed by atoms with E-state index < -0.39 is 31.9 Å². The zero-order valence-corrected chi connectivity index (χ0v) is 15.5. The van der Waals surface area contributed by atoms with Crippen LogP contribution in [0, 0.1) is 5.92 Å². The maximum absolute atomic E-state index is 12.4. The first-order valence-electron chi connectivity index (χ1n) is 7.76. The topological polar surface area (TPSA) is 114 Å². The molecular formula is C16H17N3O5S2. The van der Waals surface area contributed by atoms with Crippen molar-refractivity contribution in [3.8, 4) is 0 Å². The van der Waals surface area contributed by atoms with Gasteiger partial charge in [-0.05, 0) is 35.9 Å². The quantitative estimate of drug-likeness (QED) is 0.804. The van der Waals surface area contributed by atoms with Crippen LogP contribution in [0.4, 0.5) is 5.69 Å². The Hall–Kier alpha value is -2.30. The average molecular weight is 395 g/mol. The van der Waals surface area contributed by atoms with E-state index in [9.17, 15) is 21.6 Å². The fourth-order valence-electron chi connectivity index (χ4n) is 2.61. The lowest BCUT2D eigenvalue weighted by molar-refractivity contribution is -0.119. The molecule has 138 valence electrons. The molecule has 1 aliphatic heterocycles. The van der Waals surface area contributed by atoms with Crippen molar-refractivity contribution in [2.45, 2.75) is 18.4 Å². The number of anilines is 1. The molecule has 10 heteroatoms. The first-order valence-corrected chi connectivity index (χ1v) is 10.9. The molecule has 0 saturated carbocycles. The second-order valence-corrected chi connectivity index (χ2v) is 9.59. The molecule has 1 aromatic heterocycles. The number of sulfonamides is 2. The summed E-state index contributed by atoms with van der Waals surface area (Å²) in [5.41, 5.74) is 0.834. The first kappa shape index (κ1) is 18.5. The van der Waals surface area contributed by atoms with Crippen LogP contribution in [-0.4, -0.2) is 33.5 Å². The molecule has 0 spiro atoms. The Labute approximate surface area is 152 Å². The Morgan fingerprint density at radius 3 is 2.46 bits per heavy atom. The van der Waals surface area contributed by atoms with Gasteiger partial charge < -0.3 is 0 Å². The molecule has 3 rings (SSSR count). The van der Waals surface area contributed by atoms with Crippen LogP contribution in [0.2, 0.25) is 0 Å². The van der Waals surface area contributed by atoms with E-state index in [4.69, 9.17) is 0 Å². The Morgan fingerprint density at radius 2 is 1.92 bits per heavy atom. The molecule has 0 radical (unpaired) electrons. The zero-order chi connectivity index (χ0) is 18.9. The number of aromatic nitrogens is 1. The smallest absolute Gasteiger partial charge is 0.244 e. The van der Waals surface area contributed by atoms with Gasteiger partial charge in [-0.3, -0.25) is 9.78 Å². The summed E-state index contributed by atoms with van der Waals surface area (Å²) < 4.78 is 52.1.